The molecule has 1 heterocycles. The van der Waals surface area contributed by atoms with E-state index in [1.165, 1.54) is 0 Å². The number of amides is 1. The Kier molecular flexibility index (Phi) is 5.57. The van der Waals surface area contributed by atoms with Crippen LogP contribution in [0.1, 0.15) is 42.0 Å². The number of halogens is 1. The summed E-state index contributed by atoms with van der Waals surface area (Å²) in [5.41, 5.74) is 1.32. The number of aromatic nitrogens is 2. The minimum atomic E-state index is -0.255. The van der Waals surface area contributed by atoms with Gasteiger partial charge in [-0.2, -0.15) is 5.10 Å². The van der Waals surface area contributed by atoms with Crippen molar-refractivity contribution < 1.29 is 9.53 Å². The van der Waals surface area contributed by atoms with Crippen LogP contribution in [0.4, 0.5) is 0 Å². The fourth-order valence-electron chi connectivity index (χ4n) is 2.07. The highest BCUT2D eigenvalue weighted by Crippen LogP contribution is 2.19. The van der Waals surface area contributed by atoms with E-state index in [0.29, 0.717) is 17.3 Å². The van der Waals surface area contributed by atoms with Crippen LogP contribution in [0.15, 0.2) is 36.5 Å². The fourth-order valence-corrected chi connectivity index (χ4v) is 2.27. The van der Waals surface area contributed by atoms with Gasteiger partial charge in [-0.05, 0) is 37.6 Å². The van der Waals surface area contributed by atoms with E-state index >= 15 is 0 Å². The van der Waals surface area contributed by atoms with Crippen molar-refractivity contribution in [3.63, 3.8) is 0 Å². The fraction of sp³-hybridized carbons (Fsp3) is 0.375. The minimum absolute atomic E-state index is 0.219. The van der Waals surface area contributed by atoms with Gasteiger partial charge < -0.3 is 10.1 Å². The maximum absolute atomic E-state index is 12.1. The molecule has 5 nitrogen and oxygen atoms in total. The van der Waals surface area contributed by atoms with Gasteiger partial charge in [-0.25, -0.2) is 0 Å². The molecule has 0 aliphatic rings. The smallest absolute Gasteiger partial charge is 0.271 e. The number of hydrogen-bond acceptors (Lipinski definition) is 3. The van der Waals surface area contributed by atoms with E-state index in [9.17, 15) is 4.79 Å². The van der Waals surface area contributed by atoms with Crippen molar-refractivity contribution in [1.29, 1.82) is 0 Å². The van der Waals surface area contributed by atoms with E-state index in [2.05, 4.69) is 10.4 Å². The summed E-state index contributed by atoms with van der Waals surface area (Å²) in [6.07, 6.45) is 1.54. The van der Waals surface area contributed by atoms with Crippen LogP contribution >= 0.6 is 11.6 Å². The number of methoxy groups -OCH3 is 1. The first-order valence-electron chi connectivity index (χ1n) is 7.13. The van der Waals surface area contributed by atoms with Gasteiger partial charge in [-0.3, -0.25) is 9.48 Å². The Balaban J connectivity index is 1.99. The zero-order valence-electron chi connectivity index (χ0n) is 12.9. The lowest BCUT2D eigenvalue weighted by Gasteiger charge is -2.16. The molecule has 1 atom stereocenters. The van der Waals surface area contributed by atoms with Gasteiger partial charge in [0.1, 0.15) is 5.69 Å². The van der Waals surface area contributed by atoms with Crippen molar-refractivity contribution in [2.45, 2.75) is 26.0 Å². The van der Waals surface area contributed by atoms with Gasteiger partial charge >= 0.3 is 0 Å². The van der Waals surface area contributed by atoms with Crippen LogP contribution in [0.25, 0.3) is 0 Å². The number of hydrogen-bond donors (Lipinski definition) is 1. The molecule has 1 aromatic heterocycles. The lowest BCUT2D eigenvalue weighted by atomic mass is 10.1. The Morgan fingerprint density at radius 2 is 2.18 bits per heavy atom. The van der Waals surface area contributed by atoms with E-state index in [0.717, 1.165) is 5.56 Å². The molecule has 0 aliphatic carbocycles. The molecule has 2 aromatic rings. The summed E-state index contributed by atoms with van der Waals surface area (Å²) < 4.78 is 7.17. The van der Waals surface area contributed by atoms with Crippen LogP contribution in [0.2, 0.25) is 5.02 Å². The monoisotopic (exact) mass is 321 g/mol. The van der Waals surface area contributed by atoms with Gasteiger partial charge in [0.15, 0.2) is 0 Å². The summed E-state index contributed by atoms with van der Waals surface area (Å²) >= 11 is 5.98. The molecule has 1 aromatic carbocycles. The zero-order chi connectivity index (χ0) is 16.1. The van der Waals surface area contributed by atoms with Gasteiger partial charge in [0.2, 0.25) is 0 Å². The summed E-state index contributed by atoms with van der Waals surface area (Å²) in [4.78, 5) is 12.1. The van der Waals surface area contributed by atoms with Crippen molar-refractivity contribution in [2.24, 2.45) is 0 Å². The second-order valence-electron chi connectivity index (χ2n) is 5.26. The van der Waals surface area contributed by atoms with Crippen molar-refractivity contribution >= 4 is 17.5 Å². The molecule has 0 radical (unpaired) electrons. The first kappa shape index (κ1) is 16.5. The zero-order valence-corrected chi connectivity index (χ0v) is 13.7. The molecule has 0 saturated heterocycles. The Morgan fingerprint density at radius 3 is 2.77 bits per heavy atom. The molecule has 2 rings (SSSR count). The quantitative estimate of drug-likeness (QED) is 0.888. The van der Waals surface area contributed by atoms with Crippen molar-refractivity contribution in [1.82, 2.24) is 15.1 Å². The second-order valence-corrected chi connectivity index (χ2v) is 5.70. The number of carbonyl (C=O) groups excluding carboxylic acids is 1. The van der Waals surface area contributed by atoms with E-state index < -0.39 is 0 Å². The Labute approximate surface area is 135 Å². The maximum atomic E-state index is 12.1. The molecule has 1 amide bonds. The average Bonchev–Trinajstić information content (AvgIpc) is 2.98. The van der Waals surface area contributed by atoms with Crippen LogP contribution in [-0.4, -0.2) is 29.3 Å². The standard InChI is InChI=1S/C16H20ClN3O2/c1-11(2)20-8-7-14(19-20)16(21)18-10-15(22-3)12-5-4-6-13(17)9-12/h4-9,11,15H,10H2,1-3H3,(H,18,21). The predicted octanol–water partition coefficient (Wildman–Crippen LogP) is 3.23. The molecule has 22 heavy (non-hydrogen) atoms. The molecule has 6 heteroatoms. The molecular weight excluding hydrogens is 302 g/mol. The first-order valence-corrected chi connectivity index (χ1v) is 7.50. The summed E-state index contributed by atoms with van der Waals surface area (Å²) in [5, 5.41) is 7.72. The largest absolute Gasteiger partial charge is 0.375 e. The van der Waals surface area contributed by atoms with Gasteiger partial charge in [-0.1, -0.05) is 23.7 Å². The van der Waals surface area contributed by atoms with E-state index in [1.54, 1.807) is 30.1 Å². The normalized spacial score (nSPS) is 12.4. The topological polar surface area (TPSA) is 56.1 Å². The third-order valence-corrected chi connectivity index (χ3v) is 3.56. The Hall–Kier alpha value is -1.85. The van der Waals surface area contributed by atoms with Crippen molar-refractivity contribution in [3.05, 3.63) is 52.8 Å². The Morgan fingerprint density at radius 1 is 1.41 bits per heavy atom. The third kappa shape index (κ3) is 4.08. The highest BCUT2D eigenvalue weighted by molar-refractivity contribution is 6.30. The lowest BCUT2D eigenvalue weighted by Crippen LogP contribution is -2.29. The summed E-state index contributed by atoms with van der Waals surface area (Å²) in [6.45, 7) is 4.37. The number of ether oxygens (including phenoxy) is 1. The van der Waals surface area contributed by atoms with Crippen LogP contribution in [-0.2, 0) is 4.74 Å². The number of rotatable bonds is 6. The van der Waals surface area contributed by atoms with Gasteiger partial charge in [0.25, 0.3) is 5.91 Å². The molecule has 1 N–H and O–H groups in total. The van der Waals surface area contributed by atoms with Crippen LogP contribution < -0.4 is 5.32 Å². The average molecular weight is 322 g/mol. The predicted molar refractivity (Wildman–Crippen MR) is 86.1 cm³/mol. The molecular formula is C16H20ClN3O2. The summed E-state index contributed by atoms with van der Waals surface area (Å²) in [6, 6.07) is 9.33. The van der Waals surface area contributed by atoms with Gasteiger partial charge in [0.05, 0.1) is 6.10 Å². The van der Waals surface area contributed by atoms with E-state index in [1.807, 2.05) is 32.0 Å². The molecule has 0 spiro atoms. The molecule has 0 bridgehead atoms. The maximum Gasteiger partial charge on any atom is 0.271 e. The summed E-state index contributed by atoms with van der Waals surface area (Å²) in [5.74, 6) is -0.219. The minimum Gasteiger partial charge on any atom is -0.375 e. The molecule has 1 unspecified atom stereocenters. The van der Waals surface area contributed by atoms with Gasteiger partial charge in [0, 0.05) is 30.9 Å². The van der Waals surface area contributed by atoms with E-state index in [4.69, 9.17) is 16.3 Å². The summed E-state index contributed by atoms with van der Waals surface area (Å²) in [7, 11) is 1.60. The highest BCUT2D eigenvalue weighted by atomic mass is 35.5. The molecule has 118 valence electrons. The number of carbonyl (C=O) groups is 1. The highest BCUT2D eigenvalue weighted by Gasteiger charge is 2.15. The van der Waals surface area contributed by atoms with Crippen LogP contribution in [0.5, 0.6) is 0 Å². The number of nitrogens with one attached hydrogen (secondary N) is 1. The first-order chi connectivity index (χ1) is 10.5. The van der Waals surface area contributed by atoms with Crippen molar-refractivity contribution in [2.75, 3.05) is 13.7 Å². The number of nitrogens with zero attached hydrogens (tertiary/aromatic N) is 2. The number of benzene rings is 1. The van der Waals surface area contributed by atoms with Gasteiger partial charge in [-0.15, -0.1) is 0 Å². The van der Waals surface area contributed by atoms with Crippen LogP contribution in [0.3, 0.4) is 0 Å². The second kappa shape index (κ2) is 7.42. The lowest BCUT2D eigenvalue weighted by molar-refractivity contribution is 0.0823. The van der Waals surface area contributed by atoms with Crippen LogP contribution in [0, 0.1) is 0 Å². The Bertz CT molecular complexity index is 640. The van der Waals surface area contributed by atoms with E-state index in [-0.39, 0.29) is 18.1 Å². The SMILES string of the molecule is COC(CNC(=O)c1ccn(C(C)C)n1)c1cccc(Cl)c1. The third-order valence-electron chi connectivity index (χ3n) is 3.32. The molecule has 0 aliphatic heterocycles. The molecule has 0 fully saturated rings. The molecule has 0 saturated carbocycles. The van der Waals surface area contributed by atoms with Crippen molar-refractivity contribution in [3.8, 4) is 0 Å².